The van der Waals surface area contributed by atoms with Crippen LogP contribution in [0.15, 0.2) is 143 Å². The maximum Gasteiger partial charge on any atom is 0.348 e. The molecule has 0 atom stereocenters. The smallest absolute Gasteiger partial charge is 0.348 e. The van der Waals surface area contributed by atoms with Gasteiger partial charge in [-0.15, -0.1) is 12.4 Å². The van der Waals surface area contributed by atoms with Gasteiger partial charge in [0.2, 0.25) is 5.91 Å². The van der Waals surface area contributed by atoms with Crippen LogP contribution in [-0.4, -0.2) is 163 Å². The molecule has 0 saturated heterocycles. The van der Waals surface area contributed by atoms with E-state index in [1.54, 1.807) is 73.1 Å². The number of para-hydroxylation sites is 4. The predicted molar refractivity (Wildman–Crippen MR) is 389 cm³/mol. The minimum absolute atomic E-state index is 0. The SMILES string of the molecule is C.CCOC(=O)CNN.CCOC(=O)Cn1ncc2c(=O)oc3ccccc3c21.CN(CCN)C1CCCCC1.CN(CCNC(=O)Cn1ncc2c(=O)oc3ccccc3c21)C1CCCCC1.Cl.O=C(O)Cn1ncc(C(=O)O)c1-c1ccccc1O.O=Cc1c(Cl)c2ccccc2oc1=O. The van der Waals surface area contributed by atoms with Crippen LogP contribution in [0.4, 0.5) is 0 Å². The van der Waals surface area contributed by atoms with Crippen LogP contribution < -0.4 is 39.2 Å². The fourth-order valence-electron chi connectivity index (χ4n) is 11.5. The normalized spacial score (nSPS) is 12.7. The van der Waals surface area contributed by atoms with Gasteiger partial charge in [0.1, 0.15) is 70.6 Å². The maximum atomic E-state index is 12.4. The zero-order valence-corrected chi connectivity index (χ0v) is 58.0. The van der Waals surface area contributed by atoms with E-state index in [0.717, 1.165) is 47.3 Å². The Labute approximate surface area is 597 Å². The van der Waals surface area contributed by atoms with Gasteiger partial charge in [0, 0.05) is 60.0 Å². The summed E-state index contributed by atoms with van der Waals surface area (Å²) in [5, 5.41) is 45.7. The molecule has 2 saturated carbocycles. The fraction of sp³-hybridized carbons (Fsp3) is 0.380. The third-order valence-electron chi connectivity index (χ3n) is 16.3. The molecule has 2 fully saturated rings. The molecule has 6 aromatic heterocycles. The number of fused-ring (bicyclic) bond motifs is 7. The number of phenolic OH excluding ortho intramolecular Hbond substituents is 1. The molecule has 6 heterocycles. The topological polar surface area (TPSA) is 408 Å². The minimum Gasteiger partial charge on any atom is -0.507 e. The zero-order chi connectivity index (χ0) is 72.3. The highest BCUT2D eigenvalue weighted by Gasteiger charge is 2.24. The number of phenols is 1. The van der Waals surface area contributed by atoms with Gasteiger partial charge in [-0.1, -0.05) is 106 Å². The number of aromatic hydroxyl groups is 1. The number of esters is 2. The molecule has 0 radical (unpaired) electrons. The Morgan fingerprint density at radius 3 is 1.58 bits per heavy atom. The van der Waals surface area contributed by atoms with Crippen molar-refractivity contribution in [1.29, 1.82) is 0 Å². The van der Waals surface area contributed by atoms with Crippen molar-refractivity contribution >= 4 is 115 Å². The van der Waals surface area contributed by atoms with Crippen LogP contribution in [-0.2, 0) is 48.3 Å². The first-order chi connectivity index (χ1) is 48.2. The number of amides is 1. The van der Waals surface area contributed by atoms with E-state index >= 15 is 0 Å². The number of nitrogens with zero attached hydrogens (tertiary/aromatic N) is 8. The number of ether oxygens (including phenoxy) is 2. The summed E-state index contributed by atoms with van der Waals surface area (Å²) in [6, 6.07) is 28.8. The van der Waals surface area contributed by atoms with E-state index in [-0.39, 0.29) is 84.5 Å². The number of hydrazine groups is 1. The van der Waals surface area contributed by atoms with Crippen LogP contribution in [0.5, 0.6) is 5.75 Å². The summed E-state index contributed by atoms with van der Waals surface area (Å²) >= 11 is 5.86. The summed E-state index contributed by atoms with van der Waals surface area (Å²) in [6.07, 6.45) is 17.8. The number of halogens is 2. The van der Waals surface area contributed by atoms with Crippen molar-refractivity contribution in [3.8, 4) is 17.0 Å². The Balaban J connectivity index is 0.000000229. The molecule has 10 aromatic rings. The molecule has 1 amide bonds. The molecular formula is C71H88Cl2N12O17. The Morgan fingerprint density at radius 2 is 1.09 bits per heavy atom. The van der Waals surface area contributed by atoms with E-state index < -0.39 is 41.3 Å². The van der Waals surface area contributed by atoms with Crippen LogP contribution in [0.3, 0.4) is 0 Å². The van der Waals surface area contributed by atoms with Crippen LogP contribution in [0.2, 0.25) is 5.02 Å². The number of carboxylic acids is 2. The van der Waals surface area contributed by atoms with Gasteiger partial charge in [-0.3, -0.25) is 43.9 Å². The average molecular weight is 1450 g/mol. The first-order valence-corrected chi connectivity index (χ1v) is 32.9. The third-order valence-corrected chi connectivity index (χ3v) is 16.7. The lowest BCUT2D eigenvalue weighted by atomic mass is 9.94. The largest absolute Gasteiger partial charge is 0.507 e. The molecular weight excluding hydrogens is 1360 g/mol. The van der Waals surface area contributed by atoms with E-state index in [1.165, 1.54) is 93.4 Å². The summed E-state index contributed by atoms with van der Waals surface area (Å²) in [4.78, 5) is 107. The number of nitrogens with two attached hydrogens (primary N) is 2. The van der Waals surface area contributed by atoms with Crippen molar-refractivity contribution in [2.75, 3.05) is 60.0 Å². The molecule has 12 rings (SSSR count). The zero-order valence-electron chi connectivity index (χ0n) is 56.4. The van der Waals surface area contributed by atoms with Gasteiger partial charge in [0.15, 0.2) is 6.29 Å². The summed E-state index contributed by atoms with van der Waals surface area (Å²) in [5.74, 6) is 1.44. The predicted octanol–water partition coefficient (Wildman–Crippen LogP) is 8.81. The lowest BCUT2D eigenvalue weighted by molar-refractivity contribution is -0.144. The third kappa shape index (κ3) is 22.7. The maximum absolute atomic E-state index is 12.4. The van der Waals surface area contributed by atoms with Crippen LogP contribution >= 0.6 is 24.0 Å². The van der Waals surface area contributed by atoms with Gasteiger partial charge in [0.05, 0.1) is 53.6 Å². The Kier molecular flexibility index (Phi) is 33.6. The van der Waals surface area contributed by atoms with Crippen molar-refractivity contribution in [2.45, 2.75) is 117 Å². The molecule has 2 aliphatic rings. The molecule has 0 spiro atoms. The number of aromatic carboxylic acids is 1. The van der Waals surface area contributed by atoms with Crippen LogP contribution in [0.1, 0.15) is 106 Å². The second kappa shape index (κ2) is 41.6. The van der Waals surface area contributed by atoms with E-state index in [9.17, 15) is 48.3 Å². The summed E-state index contributed by atoms with van der Waals surface area (Å²) < 4.78 is 28.9. The van der Waals surface area contributed by atoms with Gasteiger partial charge < -0.3 is 58.9 Å². The van der Waals surface area contributed by atoms with Crippen molar-refractivity contribution in [2.24, 2.45) is 11.6 Å². The Morgan fingerprint density at radius 1 is 0.627 bits per heavy atom. The Hall–Kier alpha value is -10.1. The van der Waals surface area contributed by atoms with Crippen molar-refractivity contribution in [1.82, 2.24) is 49.9 Å². The lowest BCUT2D eigenvalue weighted by Crippen LogP contribution is -2.40. The first kappa shape index (κ1) is 82.5. The molecule has 102 heavy (non-hydrogen) atoms. The number of hydrogen-bond donors (Lipinski definition) is 7. The molecule has 29 nitrogen and oxygen atoms in total. The highest BCUT2D eigenvalue weighted by atomic mass is 35.5. The van der Waals surface area contributed by atoms with Gasteiger partial charge in [-0.25, -0.2) is 24.6 Å². The summed E-state index contributed by atoms with van der Waals surface area (Å²) in [7, 11) is 4.33. The summed E-state index contributed by atoms with van der Waals surface area (Å²) in [5.41, 5.74) is 8.63. The number of benzene rings is 4. The number of aliphatic carboxylic acids is 1. The minimum atomic E-state index is -1.24. The van der Waals surface area contributed by atoms with E-state index in [4.69, 9.17) is 51.4 Å². The van der Waals surface area contributed by atoms with Crippen LogP contribution in [0.25, 0.3) is 66.0 Å². The monoisotopic (exact) mass is 1450 g/mol. The van der Waals surface area contributed by atoms with Crippen LogP contribution in [0, 0.1) is 0 Å². The van der Waals surface area contributed by atoms with E-state index in [2.05, 4.69) is 54.7 Å². The molecule has 0 bridgehead atoms. The number of aromatic nitrogens is 6. The van der Waals surface area contributed by atoms with E-state index in [0.29, 0.717) is 76.0 Å². The molecule has 0 unspecified atom stereocenters. The molecule has 31 heteroatoms. The van der Waals surface area contributed by atoms with Gasteiger partial charge in [-0.05, 0) is 102 Å². The van der Waals surface area contributed by atoms with E-state index in [1.807, 2.05) is 30.3 Å². The van der Waals surface area contributed by atoms with Gasteiger partial charge >= 0.3 is 40.8 Å². The van der Waals surface area contributed by atoms with Gasteiger partial charge in [-0.2, -0.15) is 15.3 Å². The number of nitrogens with one attached hydrogen (secondary N) is 2. The molecule has 2 aliphatic carbocycles. The number of carbonyl (C=O) groups is 6. The second-order valence-electron chi connectivity index (χ2n) is 23.1. The van der Waals surface area contributed by atoms with Crippen molar-refractivity contribution in [3.63, 3.8) is 0 Å². The number of rotatable bonds is 20. The Bertz CT molecular complexity index is 4590. The standard InChI is InChI=1S/C21H26N4O3.C14H12N2O4.C12H10N2O5.C10H5ClO3.C9H20N2.C4H10N2O2.CH4.ClH/c1-24(15-7-3-2-4-8-15)12-11-22-19(26)14-25-20-16-9-5-6-10-18(16)28-21(27)17(20)13-23-25;1-2-19-12(17)8-16-13-9-5-3-4-6-11(9)20-14(18)10(13)7-15-16;15-9-4-2-1-3-7(9)11-8(12(18)19)5-13-14(11)6-10(16)17;11-9-6-3-1-2-4-8(6)14-10(13)7(9)5-12;1-11(8-7-10)9-5-3-2-4-6-9;1-2-8-4(7)3-6-5;;/h5-6,9-10,13,15H,2-4,7-8,11-12,14H2,1H3,(H,22,26);3-7H,2,8H2,1H3;1-5,15H,6H2,(H,16,17)(H,18,19);1-5H;9H,2-8,10H2,1H3;6H,2-3,5H2,1H3;1H4;1H. The number of likely N-dealkylation sites (N-methyl/N-ethyl adjacent to an activating group) is 2. The molecule has 4 aromatic carbocycles. The fourth-order valence-corrected chi connectivity index (χ4v) is 11.7. The summed E-state index contributed by atoms with van der Waals surface area (Å²) in [6.45, 7) is 7.12. The molecule has 548 valence electrons. The number of aldehydes is 1. The first-order valence-electron chi connectivity index (χ1n) is 32.6. The number of carbonyl (C=O) groups excluding carboxylic acids is 4. The average Bonchev–Trinajstić information content (AvgIpc) is 1.60. The second-order valence-corrected chi connectivity index (χ2v) is 23.5. The van der Waals surface area contributed by atoms with Crippen molar-refractivity contribution < 1.29 is 66.8 Å². The highest BCUT2D eigenvalue weighted by molar-refractivity contribution is 6.37. The number of hydrogen-bond acceptors (Lipinski definition) is 23. The molecule has 9 N–H and O–H groups in total. The molecule has 0 aliphatic heterocycles. The number of carboxylic acid groups (broad SMARTS) is 2. The lowest BCUT2D eigenvalue weighted by Gasteiger charge is -2.31. The quantitative estimate of drug-likeness (QED) is 0.0123. The van der Waals surface area contributed by atoms with Crippen molar-refractivity contribution in [3.05, 3.63) is 163 Å². The highest BCUT2D eigenvalue weighted by Crippen LogP contribution is 2.32. The van der Waals surface area contributed by atoms with Gasteiger partial charge in [0.25, 0.3) is 0 Å².